The first-order valence-electron chi connectivity index (χ1n) is 9.52. The van der Waals surface area contributed by atoms with Crippen LogP contribution in [0.1, 0.15) is 18.1 Å². The molecule has 0 spiro atoms. The van der Waals surface area contributed by atoms with E-state index < -0.39 is 10.0 Å². The number of nitrogens with zero attached hydrogens (tertiary/aromatic N) is 4. The summed E-state index contributed by atoms with van der Waals surface area (Å²) in [6.45, 7) is 2.45. The number of aryl methyl sites for hydroxylation is 1. The molecule has 0 fully saturated rings. The van der Waals surface area contributed by atoms with E-state index in [1.807, 2.05) is 13.0 Å². The van der Waals surface area contributed by atoms with Gasteiger partial charge in [0.1, 0.15) is 11.6 Å². The van der Waals surface area contributed by atoms with Gasteiger partial charge < -0.3 is 15.8 Å². The number of pyridine rings is 1. The molecule has 0 amide bonds. The summed E-state index contributed by atoms with van der Waals surface area (Å²) in [7, 11) is -3.76. The molecule has 3 heterocycles. The van der Waals surface area contributed by atoms with Crippen LogP contribution in [0.5, 0.6) is 0 Å². The first-order chi connectivity index (χ1) is 14.8. The molecule has 0 radical (unpaired) electrons. The topological polar surface area (TPSA) is 141 Å². The highest BCUT2D eigenvalue weighted by molar-refractivity contribution is 7.89. The maximum Gasteiger partial charge on any atom is 0.238 e. The predicted molar refractivity (Wildman–Crippen MR) is 116 cm³/mol. The predicted octanol–water partition coefficient (Wildman–Crippen LogP) is 1.93. The average Bonchev–Trinajstić information content (AvgIpc) is 3.15. The van der Waals surface area contributed by atoms with Crippen molar-refractivity contribution in [2.75, 3.05) is 10.6 Å². The van der Waals surface area contributed by atoms with Crippen molar-refractivity contribution in [2.24, 2.45) is 5.14 Å². The van der Waals surface area contributed by atoms with Crippen molar-refractivity contribution in [3.8, 4) is 0 Å². The summed E-state index contributed by atoms with van der Waals surface area (Å²) < 4.78 is 25.4. The van der Waals surface area contributed by atoms with Crippen LogP contribution in [0.3, 0.4) is 0 Å². The van der Waals surface area contributed by atoms with E-state index in [-0.39, 0.29) is 4.90 Å². The van der Waals surface area contributed by atoms with Gasteiger partial charge in [-0.2, -0.15) is 14.3 Å². The van der Waals surface area contributed by atoms with Crippen LogP contribution in [0.4, 0.5) is 17.3 Å². The summed E-state index contributed by atoms with van der Waals surface area (Å²) in [4.78, 5) is 4.69. The third-order valence-electron chi connectivity index (χ3n) is 4.69. The van der Waals surface area contributed by atoms with Crippen LogP contribution in [0.15, 0.2) is 66.0 Å². The van der Waals surface area contributed by atoms with Crippen LogP contribution in [0, 0.1) is 5.21 Å². The Kier molecular flexibility index (Phi) is 5.44. The minimum Gasteiger partial charge on any atom is -0.619 e. The minimum absolute atomic E-state index is 0.0337. The molecule has 0 aliphatic rings. The number of primary sulfonamides is 1. The van der Waals surface area contributed by atoms with Gasteiger partial charge in [0, 0.05) is 35.5 Å². The van der Waals surface area contributed by atoms with Crippen LogP contribution in [0.2, 0.25) is 0 Å². The summed E-state index contributed by atoms with van der Waals surface area (Å²) in [5.74, 6) is 1.25. The van der Waals surface area contributed by atoms with Gasteiger partial charge in [-0.05, 0) is 36.8 Å². The average molecular weight is 440 g/mol. The molecule has 3 aromatic heterocycles. The zero-order chi connectivity index (χ0) is 22.0. The first kappa shape index (κ1) is 20.6. The van der Waals surface area contributed by atoms with Gasteiger partial charge in [-0.25, -0.2) is 18.5 Å². The highest BCUT2D eigenvalue weighted by atomic mass is 32.2. The fourth-order valence-corrected chi connectivity index (χ4v) is 3.64. The molecule has 0 saturated carbocycles. The quantitative estimate of drug-likeness (QED) is 0.295. The Morgan fingerprint density at radius 3 is 2.68 bits per heavy atom. The van der Waals surface area contributed by atoms with Gasteiger partial charge in [0.2, 0.25) is 10.0 Å². The molecule has 0 atom stereocenters. The number of nitrogens with one attached hydrogen (secondary N) is 2. The second-order valence-corrected chi connectivity index (χ2v) is 8.47. The number of hydrogen-bond donors (Lipinski definition) is 3. The van der Waals surface area contributed by atoms with Gasteiger partial charge in [0.15, 0.2) is 18.0 Å². The number of aromatic nitrogens is 4. The molecule has 10 nitrogen and oxygen atoms in total. The van der Waals surface area contributed by atoms with E-state index >= 15 is 0 Å². The molecule has 4 N–H and O–H groups in total. The fourth-order valence-electron chi connectivity index (χ4n) is 3.12. The maximum absolute atomic E-state index is 11.5. The molecule has 1 aromatic carbocycles. The van der Waals surface area contributed by atoms with Crippen LogP contribution in [0.25, 0.3) is 5.65 Å². The van der Waals surface area contributed by atoms with E-state index in [0.717, 1.165) is 22.3 Å². The Bertz CT molecular complexity index is 1330. The number of benzene rings is 1. The largest absolute Gasteiger partial charge is 0.619 e. The molecular formula is C20H21N7O3S. The van der Waals surface area contributed by atoms with Crippen LogP contribution in [-0.2, 0) is 23.0 Å². The normalized spacial score (nSPS) is 11.5. The highest BCUT2D eigenvalue weighted by Gasteiger charge is 2.12. The van der Waals surface area contributed by atoms with Crippen LogP contribution >= 0.6 is 0 Å². The Morgan fingerprint density at radius 2 is 2.00 bits per heavy atom. The Morgan fingerprint density at radius 1 is 1.23 bits per heavy atom. The molecule has 31 heavy (non-hydrogen) atoms. The second kappa shape index (κ2) is 8.20. The zero-order valence-electron chi connectivity index (χ0n) is 16.7. The number of anilines is 3. The third-order valence-corrected chi connectivity index (χ3v) is 5.62. The number of fused-ring (bicyclic) bond motifs is 1. The van der Waals surface area contributed by atoms with Crippen molar-refractivity contribution in [1.29, 1.82) is 0 Å². The monoisotopic (exact) mass is 439 g/mol. The number of rotatable bonds is 7. The molecule has 0 aliphatic carbocycles. The lowest BCUT2D eigenvalue weighted by Crippen LogP contribution is -2.25. The summed E-state index contributed by atoms with van der Waals surface area (Å²) in [5.41, 5.74) is 3.15. The van der Waals surface area contributed by atoms with Crippen LogP contribution in [-0.4, -0.2) is 23.0 Å². The maximum atomic E-state index is 11.5. The van der Waals surface area contributed by atoms with E-state index in [1.165, 1.54) is 24.5 Å². The van der Waals surface area contributed by atoms with Crippen molar-refractivity contribution < 1.29 is 13.1 Å². The number of nitrogens with two attached hydrogens (primary N) is 1. The molecule has 4 rings (SSSR count). The zero-order valence-corrected chi connectivity index (χ0v) is 17.5. The molecule has 4 aromatic rings. The molecule has 0 saturated heterocycles. The molecular weight excluding hydrogens is 418 g/mol. The molecule has 0 bridgehead atoms. The summed E-state index contributed by atoms with van der Waals surface area (Å²) >= 11 is 0. The van der Waals surface area contributed by atoms with Gasteiger partial charge >= 0.3 is 0 Å². The van der Waals surface area contributed by atoms with Gasteiger partial charge in [-0.15, -0.1) is 0 Å². The van der Waals surface area contributed by atoms with Gasteiger partial charge in [-0.1, -0.05) is 6.92 Å². The standard InChI is InChI=1S/C20H21N7O3S/c1-2-15-12-23-27-19(22-11-14-4-3-9-26(28)13-14)10-18(25-20(15)27)24-16-5-7-17(8-6-16)31(21,29)30/h3-10,12-13,22H,2,11H2,1H3,(H,24,25)(H2,21,29,30). The highest BCUT2D eigenvalue weighted by Crippen LogP contribution is 2.23. The van der Waals surface area contributed by atoms with Crippen molar-refractivity contribution in [1.82, 2.24) is 14.6 Å². The van der Waals surface area contributed by atoms with E-state index in [4.69, 9.17) is 5.14 Å². The summed E-state index contributed by atoms with van der Waals surface area (Å²) in [6.07, 6.45) is 5.46. The van der Waals surface area contributed by atoms with E-state index in [9.17, 15) is 13.6 Å². The first-order valence-corrected chi connectivity index (χ1v) is 11.1. The summed E-state index contributed by atoms with van der Waals surface area (Å²) in [5, 5.41) is 27.6. The van der Waals surface area contributed by atoms with Gasteiger partial charge in [-0.3, -0.25) is 0 Å². The molecule has 0 unspecified atom stereocenters. The molecule has 160 valence electrons. The van der Waals surface area contributed by atoms with E-state index in [0.29, 0.717) is 29.5 Å². The lowest BCUT2D eigenvalue weighted by molar-refractivity contribution is -0.605. The Labute approximate surface area is 179 Å². The lowest BCUT2D eigenvalue weighted by atomic mass is 10.2. The smallest absolute Gasteiger partial charge is 0.238 e. The second-order valence-electron chi connectivity index (χ2n) is 6.91. The summed E-state index contributed by atoms with van der Waals surface area (Å²) in [6, 6.07) is 11.4. The van der Waals surface area contributed by atoms with E-state index in [1.54, 1.807) is 35.0 Å². The Hall–Kier alpha value is -3.70. The number of hydrogen-bond acceptors (Lipinski definition) is 7. The van der Waals surface area contributed by atoms with Gasteiger partial charge in [0.05, 0.1) is 11.1 Å². The van der Waals surface area contributed by atoms with Gasteiger partial charge in [0.25, 0.3) is 0 Å². The number of sulfonamides is 1. The van der Waals surface area contributed by atoms with Crippen molar-refractivity contribution >= 4 is 33.0 Å². The van der Waals surface area contributed by atoms with Crippen molar-refractivity contribution in [3.63, 3.8) is 0 Å². The molecule has 0 aliphatic heterocycles. The third kappa shape index (κ3) is 4.57. The Balaban J connectivity index is 1.65. The van der Waals surface area contributed by atoms with Crippen LogP contribution < -0.4 is 20.5 Å². The van der Waals surface area contributed by atoms with Crippen molar-refractivity contribution in [3.05, 3.63) is 77.4 Å². The minimum atomic E-state index is -3.76. The lowest BCUT2D eigenvalue weighted by Gasteiger charge is -2.12. The SMILES string of the molecule is CCc1cnn2c(NCc3ccc[n+]([O-])c3)cc(Nc3ccc(S(N)(=O)=O)cc3)nc12. The van der Waals surface area contributed by atoms with E-state index in [2.05, 4.69) is 20.7 Å². The fraction of sp³-hybridized carbons (Fsp3) is 0.150. The molecule has 11 heteroatoms. The van der Waals surface area contributed by atoms with Crippen molar-refractivity contribution in [2.45, 2.75) is 24.8 Å².